The Kier molecular flexibility index (Phi) is 5.13. The van der Waals surface area contributed by atoms with Crippen LogP contribution in [0.2, 0.25) is 5.15 Å². The van der Waals surface area contributed by atoms with E-state index in [0.29, 0.717) is 28.9 Å². The topological polar surface area (TPSA) is 75.0 Å². The molecule has 0 atom stereocenters. The Morgan fingerprint density at radius 3 is 2.48 bits per heavy atom. The minimum atomic E-state index is -0.219. The van der Waals surface area contributed by atoms with Crippen LogP contribution in [-0.4, -0.2) is 47.7 Å². The first-order chi connectivity index (χ1) is 12.1. The van der Waals surface area contributed by atoms with E-state index in [-0.39, 0.29) is 13.3 Å². The highest BCUT2D eigenvalue weighted by molar-refractivity contribution is 6.29. The first-order valence-electron chi connectivity index (χ1n) is 7.70. The second-order valence-electron chi connectivity index (χ2n) is 5.55. The van der Waals surface area contributed by atoms with Crippen molar-refractivity contribution in [3.05, 3.63) is 58.0 Å². The Bertz CT molecular complexity index is 823. The molecule has 7 heteroatoms. The van der Waals surface area contributed by atoms with E-state index in [1.807, 2.05) is 18.2 Å². The van der Waals surface area contributed by atoms with Crippen LogP contribution >= 0.6 is 11.6 Å². The van der Waals surface area contributed by atoms with Gasteiger partial charge in [-0.3, -0.25) is 0 Å². The molecule has 0 fully saturated rings. The minimum absolute atomic E-state index is 0.216. The molecule has 0 spiro atoms. The maximum absolute atomic E-state index is 9.93. The second-order valence-corrected chi connectivity index (χ2v) is 5.94. The van der Waals surface area contributed by atoms with Gasteiger partial charge >= 0.3 is 0 Å². The summed E-state index contributed by atoms with van der Waals surface area (Å²) in [5, 5.41) is 20.0. The highest BCUT2D eigenvalue weighted by Gasteiger charge is 2.27. The molecule has 0 amide bonds. The van der Waals surface area contributed by atoms with E-state index in [2.05, 4.69) is 4.98 Å². The van der Waals surface area contributed by atoms with Crippen molar-refractivity contribution in [1.29, 1.82) is 0 Å². The second kappa shape index (κ2) is 7.31. The Hall–Kier alpha value is -2.28. The SMILES string of the molecule is COc1cc2c(cc1OC)C(c1ccnc(Cl)c1)=C(CO)N(CO)C2. The number of methoxy groups -OCH3 is 2. The van der Waals surface area contributed by atoms with Crippen LogP contribution in [0.25, 0.3) is 5.57 Å². The molecule has 2 heterocycles. The van der Waals surface area contributed by atoms with Crippen molar-refractivity contribution in [3.63, 3.8) is 0 Å². The third kappa shape index (κ3) is 3.16. The predicted octanol–water partition coefficient (Wildman–Crippen LogP) is 2.27. The Morgan fingerprint density at radius 1 is 1.16 bits per heavy atom. The van der Waals surface area contributed by atoms with Crippen molar-refractivity contribution in [3.8, 4) is 11.5 Å². The number of aliphatic hydroxyl groups is 2. The van der Waals surface area contributed by atoms with Crippen LogP contribution in [0, 0.1) is 0 Å². The molecule has 0 aliphatic carbocycles. The molecule has 1 aromatic carbocycles. The highest BCUT2D eigenvalue weighted by atomic mass is 35.5. The fraction of sp³-hybridized carbons (Fsp3) is 0.278. The fourth-order valence-corrected chi connectivity index (χ4v) is 3.27. The Morgan fingerprint density at radius 2 is 1.88 bits per heavy atom. The highest BCUT2D eigenvalue weighted by Crippen LogP contribution is 2.41. The molecule has 1 aromatic heterocycles. The van der Waals surface area contributed by atoms with E-state index in [9.17, 15) is 10.2 Å². The van der Waals surface area contributed by atoms with Crippen molar-refractivity contribution < 1.29 is 19.7 Å². The summed E-state index contributed by atoms with van der Waals surface area (Å²) in [5.41, 5.74) is 4.05. The molecule has 6 nitrogen and oxygen atoms in total. The third-order valence-electron chi connectivity index (χ3n) is 4.25. The lowest BCUT2D eigenvalue weighted by atomic mass is 9.88. The summed E-state index contributed by atoms with van der Waals surface area (Å²) in [6, 6.07) is 7.31. The quantitative estimate of drug-likeness (QED) is 0.795. The van der Waals surface area contributed by atoms with Gasteiger partial charge in [0, 0.05) is 24.0 Å². The van der Waals surface area contributed by atoms with Gasteiger partial charge in [0.1, 0.15) is 11.9 Å². The number of rotatable bonds is 5. The molecule has 1 aliphatic rings. The van der Waals surface area contributed by atoms with Gasteiger partial charge in [0.2, 0.25) is 0 Å². The van der Waals surface area contributed by atoms with Crippen molar-refractivity contribution >= 4 is 17.2 Å². The van der Waals surface area contributed by atoms with Crippen LogP contribution < -0.4 is 9.47 Å². The van der Waals surface area contributed by atoms with Gasteiger partial charge in [-0.1, -0.05) is 11.6 Å². The zero-order chi connectivity index (χ0) is 18.0. The van der Waals surface area contributed by atoms with Crippen LogP contribution in [0.1, 0.15) is 16.7 Å². The zero-order valence-electron chi connectivity index (χ0n) is 14.0. The summed E-state index contributed by atoms with van der Waals surface area (Å²) in [4.78, 5) is 5.72. The summed E-state index contributed by atoms with van der Waals surface area (Å²) >= 11 is 6.05. The lowest BCUT2D eigenvalue weighted by Crippen LogP contribution is -2.30. The predicted molar refractivity (Wildman–Crippen MR) is 94.5 cm³/mol. The summed E-state index contributed by atoms with van der Waals surface area (Å²) in [7, 11) is 3.15. The van der Waals surface area contributed by atoms with Crippen molar-refractivity contribution in [1.82, 2.24) is 9.88 Å². The number of aromatic nitrogens is 1. The molecule has 3 rings (SSSR count). The number of hydrogen-bond acceptors (Lipinski definition) is 6. The minimum Gasteiger partial charge on any atom is -0.493 e. The van der Waals surface area contributed by atoms with Crippen molar-refractivity contribution in [2.24, 2.45) is 0 Å². The number of fused-ring (bicyclic) bond motifs is 1. The zero-order valence-corrected chi connectivity index (χ0v) is 14.7. The molecule has 0 radical (unpaired) electrons. The lowest BCUT2D eigenvalue weighted by molar-refractivity contribution is 0.116. The van der Waals surface area contributed by atoms with E-state index in [1.165, 1.54) is 0 Å². The summed E-state index contributed by atoms with van der Waals surface area (Å²) in [6.07, 6.45) is 1.61. The number of ether oxygens (including phenoxy) is 2. The van der Waals surface area contributed by atoms with Gasteiger partial charge in [-0.2, -0.15) is 0 Å². The molecule has 2 aromatic rings. The van der Waals surface area contributed by atoms with E-state index in [1.54, 1.807) is 31.4 Å². The molecule has 0 bridgehead atoms. The number of nitrogens with zero attached hydrogens (tertiary/aromatic N) is 2. The van der Waals surface area contributed by atoms with E-state index < -0.39 is 0 Å². The smallest absolute Gasteiger partial charge is 0.161 e. The fourth-order valence-electron chi connectivity index (χ4n) is 3.09. The number of benzene rings is 1. The molecule has 2 N–H and O–H groups in total. The maximum Gasteiger partial charge on any atom is 0.161 e. The van der Waals surface area contributed by atoms with Crippen LogP contribution in [0.3, 0.4) is 0 Å². The Balaban J connectivity index is 2.29. The normalized spacial score (nSPS) is 13.7. The summed E-state index contributed by atoms with van der Waals surface area (Å²) in [5.74, 6) is 1.20. The monoisotopic (exact) mass is 362 g/mol. The summed E-state index contributed by atoms with van der Waals surface area (Å²) < 4.78 is 10.8. The van der Waals surface area contributed by atoms with Crippen molar-refractivity contribution in [2.75, 3.05) is 27.6 Å². The van der Waals surface area contributed by atoms with Gasteiger partial charge in [-0.05, 0) is 41.0 Å². The van der Waals surface area contributed by atoms with Gasteiger partial charge < -0.3 is 24.6 Å². The molecule has 0 saturated heterocycles. The van der Waals surface area contributed by atoms with E-state index in [0.717, 1.165) is 22.3 Å². The average molecular weight is 363 g/mol. The molecule has 1 aliphatic heterocycles. The van der Waals surface area contributed by atoms with Crippen LogP contribution in [0.5, 0.6) is 11.5 Å². The molecular formula is C18H19ClN2O4. The van der Waals surface area contributed by atoms with E-state index in [4.69, 9.17) is 21.1 Å². The summed E-state index contributed by atoms with van der Waals surface area (Å²) in [6.45, 7) is 0.0139. The van der Waals surface area contributed by atoms with Crippen LogP contribution in [0.4, 0.5) is 0 Å². The average Bonchev–Trinajstić information content (AvgIpc) is 2.64. The first kappa shape index (κ1) is 17.5. The number of aliphatic hydroxyl groups excluding tert-OH is 2. The third-order valence-corrected chi connectivity index (χ3v) is 4.45. The molecule has 25 heavy (non-hydrogen) atoms. The molecule has 0 saturated carbocycles. The van der Waals surface area contributed by atoms with Gasteiger partial charge in [0.05, 0.1) is 20.8 Å². The maximum atomic E-state index is 9.93. The van der Waals surface area contributed by atoms with Crippen LogP contribution in [0.15, 0.2) is 36.2 Å². The van der Waals surface area contributed by atoms with Gasteiger partial charge in [0.15, 0.2) is 11.5 Å². The van der Waals surface area contributed by atoms with Gasteiger partial charge in [0.25, 0.3) is 0 Å². The van der Waals surface area contributed by atoms with Crippen molar-refractivity contribution in [2.45, 2.75) is 6.54 Å². The lowest BCUT2D eigenvalue weighted by Gasteiger charge is -2.33. The number of pyridine rings is 1. The molecular weight excluding hydrogens is 344 g/mol. The number of hydrogen-bond donors (Lipinski definition) is 2. The van der Waals surface area contributed by atoms with Gasteiger partial charge in [-0.15, -0.1) is 0 Å². The number of halogens is 1. The molecule has 0 unspecified atom stereocenters. The van der Waals surface area contributed by atoms with E-state index >= 15 is 0 Å². The van der Waals surface area contributed by atoms with Crippen LogP contribution in [-0.2, 0) is 6.54 Å². The Labute approximate surface area is 150 Å². The molecule has 132 valence electrons. The standard InChI is InChI=1S/C18H19ClN2O4/c1-24-15-5-12-8-21(10-23)14(9-22)18(13(12)7-16(15)25-2)11-3-4-20-17(19)6-11/h3-7,22-23H,8-10H2,1-2H3. The largest absolute Gasteiger partial charge is 0.493 e. The van der Waals surface area contributed by atoms with Gasteiger partial charge in [-0.25, -0.2) is 4.98 Å². The first-order valence-corrected chi connectivity index (χ1v) is 8.07.